The van der Waals surface area contributed by atoms with E-state index >= 15 is 0 Å². The fourth-order valence-electron chi connectivity index (χ4n) is 3.11. The van der Waals surface area contributed by atoms with E-state index in [1.54, 1.807) is 23.1 Å². The maximum Gasteiger partial charge on any atom is 0.254 e. The van der Waals surface area contributed by atoms with Gasteiger partial charge in [-0.2, -0.15) is 14.5 Å². The molecule has 4 aromatic heterocycles. The van der Waals surface area contributed by atoms with Crippen LogP contribution in [-0.4, -0.2) is 40.6 Å². The van der Waals surface area contributed by atoms with Crippen molar-refractivity contribution >= 4 is 17.6 Å². The standard InChI is InChI=1S/C19H18N8O2/c28-15(4-1-5-16-23-17(26-29-16)13-3-2-9-20-11-13)22-18-24-19-21-10-8-14(12-6-7-12)27(19)25-18/h2-3,8-12H,1,4-7H2,(H,22,25,28). The van der Waals surface area contributed by atoms with Gasteiger partial charge in [-0.15, -0.1) is 5.10 Å². The number of amides is 1. The van der Waals surface area contributed by atoms with Gasteiger partial charge in [0.05, 0.1) is 5.69 Å². The highest BCUT2D eigenvalue weighted by Gasteiger charge is 2.27. The van der Waals surface area contributed by atoms with Crippen LogP contribution in [0.2, 0.25) is 0 Å². The summed E-state index contributed by atoms with van der Waals surface area (Å²) in [6.07, 6.45) is 8.76. The molecule has 146 valence electrons. The number of carbonyl (C=O) groups excluding carboxylic acids is 1. The second kappa shape index (κ2) is 7.38. The van der Waals surface area contributed by atoms with E-state index < -0.39 is 0 Å². The average molecular weight is 390 g/mol. The fraction of sp³-hybridized carbons (Fsp3) is 0.316. The van der Waals surface area contributed by atoms with Crippen LogP contribution >= 0.6 is 0 Å². The normalized spacial score (nSPS) is 13.7. The van der Waals surface area contributed by atoms with E-state index in [9.17, 15) is 4.79 Å². The Labute approximate surface area is 165 Å². The molecule has 0 spiro atoms. The van der Waals surface area contributed by atoms with E-state index in [0.29, 0.717) is 42.7 Å². The first-order valence-corrected chi connectivity index (χ1v) is 9.51. The van der Waals surface area contributed by atoms with Gasteiger partial charge >= 0.3 is 0 Å². The van der Waals surface area contributed by atoms with Gasteiger partial charge in [0, 0.05) is 42.9 Å². The second-order valence-corrected chi connectivity index (χ2v) is 6.95. The molecule has 1 saturated carbocycles. The van der Waals surface area contributed by atoms with Gasteiger partial charge in [0.25, 0.3) is 11.7 Å². The maximum atomic E-state index is 12.2. The largest absolute Gasteiger partial charge is 0.339 e. The lowest BCUT2D eigenvalue weighted by atomic mass is 10.2. The zero-order valence-corrected chi connectivity index (χ0v) is 15.5. The SMILES string of the molecule is O=C(CCCc1nc(-c2cccnc2)no1)Nc1nc2nccc(C3CC3)n2n1. The van der Waals surface area contributed by atoms with Gasteiger partial charge in [-0.1, -0.05) is 5.16 Å². The molecule has 29 heavy (non-hydrogen) atoms. The highest BCUT2D eigenvalue weighted by atomic mass is 16.5. The minimum atomic E-state index is -0.166. The van der Waals surface area contributed by atoms with Crippen molar-refractivity contribution in [3.63, 3.8) is 0 Å². The Kier molecular flexibility index (Phi) is 4.43. The van der Waals surface area contributed by atoms with E-state index in [-0.39, 0.29) is 11.9 Å². The lowest BCUT2D eigenvalue weighted by molar-refractivity contribution is -0.116. The quantitative estimate of drug-likeness (QED) is 0.510. The van der Waals surface area contributed by atoms with Gasteiger partial charge in [-0.25, -0.2) is 4.98 Å². The average Bonchev–Trinajstić information content (AvgIpc) is 3.33. The number of pyridine rings is 1. The van der Waals surface area contributed by atoms with Crippen molar-refractivity contribution in [1.29, 1.82) is 0 Å². The highest BCUT2D eigenvalue weighted by molar-refractivity contribution is 5.89. The number of hydrogen-bond acceptors (Lipinski definition) is 8. The van der Waals surface area contributed by atoms with Crippen molar-refractivity contribution in [2.45, 2.75) is 38.0 Å². The van der Waals surface area contributed by atoms with Crippen molar-refractivity contribution in [2.75, 3.05) is 5.32 Å². The van der Waals surface area contributed by atoms with E-state index in [4.69, 9.17) is 4.52 Å². The van der Waals surface area contributed by atoms with Crippen molar-refractivity contribution < 1.29 is 9.32 Å². The first kappa shape index (κ1) is 17.4. The summed E-state index contributed by atoms with van der Waals surface area (Å²) in [5, 5.41) is 11.1. The Hall–Kier alpha value is -3.69. The molecule has 1 N–H and O–H groups in total. The topological polar surface area (TPSA) is 124 Å². The maximum absolute atomic E-state index is 12.2. The van der Waals surface area contributed by atoms with Gasteiger partial charge < -0.3 is 4.52 Å². The molecule has 0 aliphatic heterocycles. The Balaban J connectivity index is 1.16. The predicted octanol–water partition coefficient (Wildman–Crippen LogP) is 2.41. The van der Waals surface area contributed by atoms with Gasteiger partial charge in [-0.3, -0.25) is 15.1 Å². The van der Waals surface area contributed by atoms with Crippen molar-refractivity contribution in [1.82, 2.24) is 34.7 Å². The summed E-state index contributed by atoms with van der Waals surface area (Å²) in [6.45, 7) is 0. The molecular formula is C19H18N8O2. The molecule has 5 rings (SSSR count). The lowest BCUT2D eigenvalue weighted by Gasteiger charge is -2.00. The molecule has 0 radical (unpaired) electrons. The number of anilines is 1. The third-order valence-corrected chi connectivity index (χ3v) is 4.70. The molecular weight excluding hydrogens is 372 g/mol. The molecule has 1 aliphatic rings. The van der Waals surface area contributed by atoms with Gasteiger partial charge in [0.1, 0.15) is 0 Å². The molecule has 1 aliphatic carbocycles. The predicted molar refractivity (Wildman–Crippen MR) is 102 cm³/mol. The number of fused-ring (bicyclic) bond motifs is 1. The Morgan fingerprint density at radius 3 is 3.00 bits per heavy atom. The van der Waals surface area contributed by atoms with Crippen LogP contribution in [0.4, 0.5) is 5.95 Å². The van der Waals surface area contributed by atoms with Gasteiger partial charge in [0.2, 0.25) is 17.6 Å². The minimum absolute atomic E-state index is 0.166. The number of carbonyl (C=O) groups is 1. The molecule has 4 heterocycles. The Bertz CT molecular complexity index is 1150. The number of aromatic nitrogens is 7. The van der Waals surface area contributed by atoms with Crippen LogP contribution < -0.4 is 5.32 Å². The van der Waals surface area contributed by atoms with Crippen LogP contribution in [-0.2, 0) is 11.2 Å². The summed E-state index contributed by atoms with van der Waals surface area (Å²) in [4.78, 5) is 29.1. The van der Waals surface area contributed by atoms with Crippen molar-refractivity contribution in [2.24, 2.45) is 0 Å². The molecule has 0 atom stereocenters. The monoisotopic (exact) mass is 390 g/mol. The second-order valence-electron chi connectivity index (χ2n) is 6.95. The van der Waals surface area contributed by atoms with Crippen LogP contribution in [0.1, 0.15) is 43.2 Å². The van der Waals surface area contributed by atoms with Gasteiger partial charge in [-0.05, 0) is 37.5 Å². The van der Waals surface area contributed by atoms with Crippen LogP contribution in [0, 0.1) is 0 Å². The van der Waals surface area contributed by atoms with Crippen LogP contribution in [0.25, 0.3) is 17.2 Å². The van der Waals surface area contributed by atoms with Crippen molar-refractivity contribution in [3.8, 4) is 11.4 Å². The molecule has 10 nitrogen and oxygen atoms in total. The number of rotatable bonds is 7. The molecule has 0 saturated heterocycles. The zero-order valence-electron chi connectivity index (χ0n) is 15.5. The summed E-state index contributed by atoms with van der Waals surface area (Å²) in [5.41, 5.74) is 1.88. The highest BCUT2D eigenvalue weighted by Crippen LogP contribution is 2.39. The number of hydrogen-bond donors (Lipinski definition) is 1. The summed E-state index contributed by atoms with van der Waals surface area (Å²) in [7, 11) is 0. The molecule has 0 unspecified atom stereocenters. The lowest BCUT2D eigenvalue weighted by Crippen LogP contribution is -2.13. The van der Waals surface area contributed by atoms with Gasteiger partial charge in [0.15, 0.2) is 0 Å². The van der Waals surface area contributed by atoms with Crippen LogP contribution in [0.15, 0.2) is 41.3 Å². The fourth-order valence-corrected chi connectivity index (χ4v) is 3.11. The zero-order chi connectivity index (χ0) is 19.6. The van der Waals surface area contributed by atoms with E-state index in [2.05, 4.69) is 35.5 Å². The number of aryl methyl sites for hydroxylation is 1. The summed E-state index contributed by atoms with van der Waals surface area (Å²) >= 11 is 0. The first-order valence-electron chi connectivity index (χ1n) is 9.51. The first-order chi connectivity index (χ1) is 14.3. The van der Waals surface area contributed by atoms with E-state index in [1.807, 2.05) is 18.2 Å². The van der Waals surface area contributed by atoms with Crippen LogP contribution in [0.5, 0.6) is 0 Å². The van der Waals surface area contributed by atoms with E-state index in [1.165, 1.54) is 0 Å². The van der Waals surface area contributed by atoms with Crippen molar-refractivity contribution in [3.05, 3.63) is 48.4 Å². The Morgan fingerprint density at radius 1 is 1.24 bits per heavy atom. The molecule has 4 aromatic rings. The number of nitrogens with zero attached hydrogens (tertiary/aromatic N) is 7. The summed E-state index contributed by atoms with van der Waals surface area (Å²) in [5.74, 6) is 2.09. The smallest absolute Gasteiger partial charge is 0.254 e. The third kappa shape index (κ3) is 3.82. The molecule has 1 fully saturated rings. The Morgan fingerprint density at radius 2 is 2.17 bits per heavy atom. The van der Waals surface area contributed by atoms with Crippen LogP contribution in [0.3, 0.4) is 0 Å². The minimum Gasteiger partial charge on any atom is -0.339 e. The molecule has 1 amide bonds. The summed E-state index contributed by atoms with van der Waals surface area (Å²) < 4.78 is 6.96. The summed E-state index contributed by atoms with van der Waals surface area (Å²) in [6, 6.07) is 5.63. The molecule has 0 aromatic carbocycles. The molecule has 0 bridgehead atoms. The number of nitrogens with one attached hydrogen (secondary N) is 1. The third-order valence-electron chi connectivity index (χ3n) is 4.70. The van der Waals surface area contributed by atoms with E-state index in [0.717, 1.165) is 24.1 Å². The molecule has 10 heteroatoms.